The maximum absolute atomic E-state index is 12.5. The predicted octanol–water partition coefficient (Wildman–Crippen LogP) is 3.11. The van der Waals surface area contributed by atoms with Crippen LogP contribution in [0.1, 0.15) is 17.6 Å². The van der Waals surface area contributed by atoms with Crippen LogP contribution in [0.4, 0.5) is 22.0 Å². The van der Waals surface area contributed by atoms with Crippen molar-refractivity contribution in [3.8, 4) is 5.75 Å². The summed E-state index contributed by atoms with van der Waals surface area (Å²) in [5, 5.41) is -0.359. The van der Waals surface area contributed by atoms with Crippen molar-refractivity contribution in [1.29, 1.82) is 0 Å². The molecule has 0 saturated carbocycles. The van der Waals surface area contributed by atoms with Gasteiger partial charge in [0, 0.05) is 22.7 Å². The van der Waals surface area contributed by atoms with E-state index in [9.17, 15) is 26.7 Å². The van der Waals surface area contributed by atoms with Crippen LogP contribution in [-0.2, 0) is 5.33 Å². The molecule has 96 valence electrons. The summed E-state index contributed by atoms with van der Waals surface area (Å²) in [6.45, 7) is 0. The maximum Gasteiger partial charge on any atom is 0.573 e. The molecule has 1 rings (SSSR count). The van der Waals surface area contributed by atoms with E-state index >= 15 is 0 Å². The third-order valence-corrected chi connectivity index (χ3v) is 2.33. The highest BCUT2D eigenvalue weighted by Gasteiger charge is 2.34. The fourth-order valence-electron chi connectivity index (χ4n) is 1.12. The van der Waals surface area contributed by atoms with Gasteiger partial charge < -0.3 is 9.72 Å². The highest BCUT2D eigenvalue weighted by Crippen LogP contribution is 2.31. The van der Waals surface area contributed by atoms with Crippen LogP contribution in [-0.4, -0.2) is 11.3 Å². The summed E-state index contributed by atoms with van der Waals surface area (Å²) >= 11 is 2.74. The van der Waals surface area contributed by atoms with Crippen molar-refractivity contribution in [1.82, 2.24) is 4.98 Å². The van der Waals surface area contributed by atoms with E-state index in [0.29, 0.717) is 6.20 Å². The Morgan fingerprint density at radius 2 is 2.00 bits per heavy atom. The lowest BCUT2D eigenvalue weighted by Crippen LogP contribution is -2.24. The average Bonchev–Trinajstić information content (AvgIpc) is 2.18. The van der Waals surface area contributed by atoms with Gasteiger partial charge in [-0.05, 0) is 0 Å². The Morgan fingerprint density at radius 1 is 1.41 bits per heavy atom. The smallest absolute Gasteiger partial charge is 0.400 e. The molecule has 0 atom stereocenters. The van der Waals surface area contributed by atoms with Crippen LogP contribution in [0.2, 0.25) is 0 Å². The second kappa shape index (κ2) is 5.03. The number of aromatic nitrogens is 1. The molecule has 0 radical (unpaired) electrons. The maximum atomic E-state index is 12.5. The third kappa shape index (κ3) is 3.42. The van der Waals surface area contributed by atoms with Crippen LogP contribution in [0.5, 0.6) is 5.75 Å². The van der Waals surface area contributed by atoms with Crippen LogP contribution in [0.3, 0.4) is 0 Å². The molecule has 0 aliphatic rings. The van der Waals surface area contributed by atoms with Crippen molar-refractivity contribution in [2.75, 3.05) is 0 Å². The van der Waals surface area contributed by atoms with E-state index in [1.54, 1.807) is 4.98 Å². The number of pyridine rings is 1. The average molecular weight is 322 g/mol. The second-order valence-electron chi connectivity index (χ2n) is 2.86. The standard InChI is InChI=1S/C8H5BrF5NO2/c9-1-3-4(6(10)11)2-15-7(16)5(3)17-8(12,13)14/h2,6H,1H2,(H,15,16). The molecule has 1 heterocycles. The Kier molecular flexibility index (Phi) is 4.12. The second-order valence-corrected chi connectivity index (χ2v) is 3.42. The Morgan fingerprint density at radius 3 is 2.41 bits per heavy atom. The molecule has 0 saturated heterocycles. The van der Waals surface area contributed by atoms with Crippen molar-refractivity contribution in [2.24, 2.45) is 0 Å². The van der Waals surface area contributed by atoms with E-state index in [4.69, 9.17) is 0 Å². The fraction of sp³-hybridized carbons (Fsp3) is 0.375. The van der Waals surface area contributed by atoms with Gasteiger partial charge in [0.1, 0.15) is 0 Å². The fourth-order valence-corrected chi connectivity index (χ4v) is 1.70. The van der Waals surface area contributed by atoms with Gasteiger partial charge in [-0.3, -0.25) is 4.79 Å². The highest BCUT2D eigenvalue weighted by molar-refractivity contribution is 9.08. The van der Waals surface area contributed by atoms with Crippen LogP contribution < -0.4 is 10.3 Å². The number of ether oxygens (including phenoxy) is 1. The molecule has 0 aliphatic heterocycles. The Hall–Kier alpha value is -1.12. The first-order chi connectivity index (χ1) is 7.76. The molecular formula is C8H5BrF5NO2. The number of hydrogen-bond donors (Lipinski definition) is 1. The first-order valence-corrected chi connectivity index (χ1v) is 5.22. The first kappa shape index (κ1) is 13.9. The monoisotopic (exact) mass is 321 g/mol. The molecule has 0 aliphatic carbocycles. The lowest BCUT2D eigenvalue weighted by Gasteiger charge is -2.13. The first-order valence-electron chi connectivity index (χ1n) is 4.10. The van der Waals surface area contributed by atoms with Gasteiger partial charge in [-0.1, -0.05) is 15.9 Å². The molecule has 0 spiro atoms. The summed E-state index contributed by atoms with van der Waals surface area (Å²) in [7, 11) is 0. The number of H-pyrrole nitrogens is 1. The summed E-state index contributed by atoms with van der Waals surface area (Å²) in [5.74, 6) is -1.17. The molecule has 17 heavy (non-hydrogen) atoms. The number of alkyl halides is 6. The molecule has 0 fully saturated rings. The topological polar surface area (TPSA) is 42.1 Å². The van der Waals surface area contributed by atoms with Crippen LogP contribution in [0, 0.1) is 0 Å². The van der Waals surface area contributed by atoms with E-state index in [1.807, 2.05) is 0 Å². The minimum absolute atomic E-state index is 0.359. The van der Waals surface area contributed by atoms with E-state index in [-0.39, 0.29) is 5.33 Å². The van der Waals surface area contributed by atoms with Gasteiger partial charge in [0.15, 0.2) is 5.75 Å². The van der Waals surface area contributed by atoms with Gasteiger partial charge in [0.25, 0.3) is 12.0 Å². The SMILES string of the molecule is O=c1[nH]cc(C(F)F)c(CBr)c1OC(F)(F)F. The van der Waals surface area contributed by atoms with Crippen LogP contribution >= 0.6 is 15.9 Å². The van der Waals surface area contributed by atoms with Crippen molar-refractivity contribution >= 4 is 15.9 Å². The molecule has 0 unspecified atom stereocenters. The summed E-state index contributed by atoms with van der Waals surface area (Å²) < 4.78 is 64.4. The Balaban J connectivity index is 3.36. The van der Waals surface area contributed by atoms with Crippen molar-refractivity contribution in [3.05, 3.63) is 27.7 Å². The van der Waals surface area contributed by atoms with Crippen LogP contribution in [0.25, 0.3) is 0 Å². The minimum atomic E-state index is -5.12. The van der Waals surface area contributed by atoms with Crippen LogP contribution in [0.15, 0.2) is 11.0 Å². The molecule has 0 bridgehead atoms. The van der Waals surface area contributed by atoms with E-state index in [2.05, 4.69) is 20.7 Å². The van der Waals surface area contributed by atoms with Gasteiger partial charge in [-0.25, -0.2) is 8.78 Å². The van der Waals surface area contributed by atoms with Gasteiger partial charge in [0.05, 0.1) is 0 Å². The molecule has 1 aromatic rings. The largest absolute Gasteiger partial charge is 0.573 e. The molecule has 1 aromatic heterocycles. The predicted molar refractivity (Wildman–Crippen MR) is 51.3 cm³/mol. The summed E-state index contributed by atoms with van der Waals surface area (Å²) in [4.78, 5) is 12.9. The molecular weight excluding hydrogens is 317 g/mol. The summed E-state index contributed by atoms with van der Waals surface area (Å²) in [6.07, 6.45) is -7.48. The number of rotatable bonds is 3. The number of nitrogens with one attached hydrogen (secondary N) is 1. The molecule has 3 nitrogen and oxygen atoms in total. The number of aromatic amines is 1. The van der Waals surface area contributed by atoms with Crippen molar-refractivity contribution in [3.63, 3.8) is 0 Å². The van der Waals surface area contributed by atoms with Gasteiger partial charge in [-0.15, -0.1) is 13.2 Å². The summed E-state index contributed by atoms with van der Waals surface area (Å²) in [6, 6.07) is 0. The number of halogens is 6. The zero-order valence-electron chi connectivity index (χ0n) is 7.95. The molecule has 0 aromatic carbocycles. The van der Waals surface area contributed by atoms with Crippen molar-refractivity contribution in [2.45, 2.75) is 18.1 Å². The highest BCUT2D eigenvalue weighted by atomic mass is 79.9. The lowest BCUT2D eigenvalue weighted by atomic mass is 10.1. The minimum Gasteiger partial charge on any atom is -0.400 e. The van der Waals surface area contributed by atoms with Gasteiger partial charge >= 0.3 is 6.36 Å². The third-order valence-electron chi connectivity index (χ3n) is 1.77. The van der Waals surface area contributed by atoms with E-state index < -0.39 is 35.2 Å². The van der Waals surface area contributed by atoms with Crippen molar-refractivity contribution < 1.29 is 26.7 Å². The van der Waals surface area contributed by atoms with Gasteiger partial charge in [-0.2, -0.15) is 0 Å². The Bertz CT molecular complexity index is 456. The zero-order valence-corrected chi connectivity index (χ0v) is 9.53. The summed E-state index contributed by atoms with van der Waals surface area (Å²) in [5.41, 5.74) is -2.47. The van der Waals surface area contributed by atoms with Gasteiger partial charge in [0.2, 0.25) is 0 Å². The van der Waals surface area contributed by atoms with E-state index in [0.717, 1.165) is 0 Å². The zero-order chi connectivity index (χ0) is 13.2. The molecule has 0 amide bonds. The van der Waals surface area contributed by atoms with E-state index in [1.165, 1.54) is 0 Å². The normalized spacial score (nSPS) is 11.9. The number of hydrogen-bond acceptors (Lipinski definition) is 2. The Labute approximate surface area is 99.7 Å². The quantitative estimate of drug-likeness (QED) is 0.686. The lowest BCUT2D eigenvalue weighted by molar-refractivity contribution is -0.275. The molecule has 9 heteroatoms. The molecule has 1 N–H and O–H groups in total.